The molecule has 0 fully saturated rings. The topological polar surface area (TPSA) is 55.1 Å². The molecule has 18 heavy (non-hydrogen) atoms. The number of nitrogens with one attached hydrogen (secondary N) is 1. The molecule has 1 amide bonds. The maximum absolute atomic E-state index is 11.9. The van der Waals surface area contributed by atoms with E-state index in [1.807, 2.05) is 26.0 Å². The maximum Gasteiger partial charge on any atom is 0.224 e. The first-order valence-electron chi connectivity index (χ1n) is 6.58. The lowest BCUT2D eigenvalue weighted by molar-refractivity contribution is -0.125. The molecule has 0 saturated carbocycles. The van der Waals surface area contributed by atoms with Gasteiger partial charge in [0.1, 0.15) is 0 Å². The predicted molar refractivity (Wildman–Crippen MR) is 75.3 cm³/mol. The molecule has 0 aliphatic carbocycles. The summed E-state index contributed by atoms with van der Waals surface area (Å²) in [7, 11) is 0. The summed E-state index contributed by atoms with van der Waals surface area (Å²) < 4.78 is 0. The van der Waals surface area contributed by atoms with Crippen LogP contribution in [-0.4, -0.2) is 19.0 Å². The van der Waals surface area contributed by atoms with Crippen LogP contribution >= 0.6 is 0 Å². The maximum atomic E-state index is 11.9. The van der Waals surface area contributed by atoms with Gasteiger partial charge in [-0.15, -0.1) is 0 Å². The van der Waals surface area contributed by atoms with Crippen molar-refractivity contribution < 1.29 is 4.79 Å². The molecular weight excluding hydrogens is 224 g/mol. The minimum absolute atomic E-state index is 0.0704. The van der Waals surface area contributed by atoms with Gasteiger partial charge in [-0.3, -0.25) is 4.79 Å². The fourth-order valence-corrected chi connectivity index (χ4v) is 2.02. The second-order valence-corrected chi connectivity index (χ2v) is 5.05. The highest BCUT2D eigenvalue weighted by atomic mass is 16.1. The van der Waals surface area contributed by atoms with Crippen molar-refractivity contribution in [1.82, 2.24) is 5.32 Å². The Balaban J connectivity index is 2.42. The lowest BCUT2D eigenvalue weighted by Crippen LogP contribution is -2.38. The summed E-state index contributed by atoms with van der Waals surface area (Å²) in [5, 5.41) is 2.97. The number of carbonyl (C=O) groups excluding carboxylic acids is 1. The zero-order valence-corrected chi connectivity index (χ0v) is 11.6. The molecule has 0 radical (unpaired) electrons. The first-order valence-corrected chi connectivity index (χ1v) is 6.58. The fourth-order valence-electron chi connectivity index (χ4n) is 2.02. The minimum atomic E-state index is -0.0816. The van der Waals surface area contributed by atoms with Gasteiger partial charge in [0.25, 0.3) is 0 Å². The van der Waals surface area contributed by atoms with Gasteiger partial charge in [0, 0.05) is 13.1 Å². The number of hydrogen-bond donors (Lipinski definition) is 2. The number of hydrogen-bond acceptors (Lipinski definition) is 2. The van der Waals surface area contributed by atoms with Crippen LogP contribution in [0.25, 0.3) is 0 Å². The summed E-state index contributed by atoms with van der Waals surface area (Å²) in [5.41, 5.74) is 8.17. The van der Waals surface area contributed by atoms with Crippen LogP contribution in [-0.2, 0) is 11.2 Å². The van der Waals surface area contributed by atoms with E-state index in [2.05, 4.69) is 24.4 Å². The van der Waals surface area contributed by atoms with Crippen molar-refractivity contribution >= 4 is 5.91 Å². The monoisotopic (exact) mass is 248 g/mol. The van der Waals surface area contributed by atoms with Gasteiger partial charge in [-0.05, 0) is 30.4 Å². The van der Waals surface area contributed by atoms with E-state index >= 15 is 0 Å². The van der Waals surface area contributed by atoms with Gasteiger partial charge in [-0.2, -0.15) is 0 Å². The third-order valence-corrected chi connectivity index (χ3v) is 3.35. The number of rotatable bonds is 6. The van der Waals surface area contributed by atoms with Crippen LogP contribution in [0.15, 0.2) is 24.3 Å². The standard InChI is InChI=1S/C15H24N2O/c1-11(2)14(10-16)15(18)17-9-8-13-7-5-4-6-12(13)3/h4-7,11,14H,8-10,16H2,1-3H3,(H,17,18). The summed E-state index contributed by atoms with van der Waals surface area (Å²) in [5.74, 6) is 0.274. The summed E-state index contributed by atoms with van der Waals surface area (Å²) in [4.78, 5) is 11.9. The van der Waals surface area contributed by atoms with Crippen LogP contribution in [0.2, 0.25) is 0 Å². The third-order valence-electron chi connectivity index (χ3n) is 3.35. The summed E-state index contributed by atoms with van der Waals surface area (Å²) in [6.45, 7) is 7.23. The molecule has 1 aromatic rings. The van der Waals surface area contributed by atoms with Gasteiger partial charge >= 0.3 is 0 Å². The Morgan fingerprint density at radius 1 is 1.33 bits per heavy atom. The molecule has 0 bridgehead atoms. The molecule has 1 unspecified atom stereocenters. The predicted octanol–water partition coefficient (Wildman–Crippen LogP) is 1.88. The molecule has 0 aliphatic heterocycles. The van der Waals surface area contributed by atoms with Crippen molar-refractivity contribution in [2.24, 2.45) is 17.6 Å². The van der Waals surface area contributed by atoms with Crippen LogP contribution in [0.1, 0.15) is 25.0 Å². The summed E-state index contributed by atoms with van der Waals surface area (Å²) in [6.07, 6.45) is 0.869. The molecule has 3 heteroatoms. The number of carbonyl (C=O) groups is 1. The van der Waals surface area contributed by atoms with E-state index in [4.69, 9.17) is 5.73 Å². The average molecular weight is 248 g/mol. The Hall–Kier alpha value is -1.35. The molecule has 0 aromatic heterocycles. The lowest BCUT2D eigenvalue weighted by atomic mass is 9.95. The zero-order valence-electron chi connectivity index (χ0n) is 11.6. The Morgan fingerprint density at radius 2 is 2.00 bits per heavy atom. The van der Waals surface area contributed by atoms with E-state index in [1.54, 1.807) is 0 Å². The highest BCUT2D eigenvalue weighted by molar-refractivity contribution is 5.79. The number of nitrogens with two attached hydrogens (primary N) is 1. The highest BCUT2D eigenvalue weighted by Crippen LogP contribution is 2.10. The quantitative estimate of drug-likeness (QED) is 0.807. The first kappa shape index (κ1) is 14.7. The summed E-state index contributed by atoms with van der Waals surface area (Å²) >= 11 is 0. The molecule has 3 nitrogen and oxygen atoms in total. The van der Waals surface area contributed by atoms with Crippen LogP contribution < -0.4 is 11.1 Å². The van der Waals surface area contributed by atoms with Crippen molar-refractivity contribution in [3.63, 3.8) is 0 Å². The van der Waals surface area contributed by atoms with Crippen molar-refractivity contribution in [3.05, 3.63) is 35.4 Å². The van der Waals surface area contributed by atoms with Crippen molar-refractivity contribution in [1.29, 1.82) is 0 Å². The van der Waals surface area contributed by atoms with Gasteiger partial charge in [0.2, 0.25) is 5.91 Å². The van der Waals surface area contributed by atoms with E-state index < -0.39 is 0 Å². The largest absolute Gasteiger partial charge is 0.355 e. The van der Waals surface area contributed by atoms with Gasteiger partial charge in [-0.1, -0.05) is 38.1 Å². The highest BCUT2D eigenvalue weighted by Gasteiger charge is 2.19. The molecule has 1 atom stereocenters. The number of benzene rings is 1. The molecule has 0 spiro atoms. The van der Waals surface area contributed by atoms with Gasteiger partial charge in [-0.25, -0.2) is 0 Å². The Kier molecular flexibility index (Phi) is 5.86. The Labute approximate surface area is 110 Å². The number of aryl methyl sites for hydroxylation is 1. The molecule has 100 valence electrons. The Bertz CT molecular complexity index is 388. The van der Waals surface area contributed by atoms with Gasteiger partial charge in [0.15, 0.2) is 0 Å². The third kappa shape index (κ3) is 4.15. The Morgan fingerprint density at radius 3 is 2.56 bits per heavy atom. The molecule has 1 rings (SSSR count). The van der Waals surface area contributed by atoms with E-state index in [1.165, 1.54) is 11.1 Å². The van der Waals surface area contributed by atoms with Crippen LogP contribution in [0, 0.1) is 18.8 Å². The lowest BCUT2D eigenvalue weighted by Gasteiger charge is -2.18. The van der Waals surface area contributed by atoms with E-state index in [9.17, 15) is 4.79 Å². The summed E-state index contributed by atoms with van der Waals surface area (Å²) in [6, 6.07) is 8.25. The van der Waals surface area contributed by atoms with Gasteiger partial charge < -0.3 is 11.1 Å². The second kappa shape index (κ2) is 7.17. The molecule has 0 saturated heterocycles. The van der Waals surface area contributed by atoms with E-state index in [-0.39, 0.29) is 17.7 Å². The van der Waals surface area contributed by atoms with Crippen LogP contribution in [0.3, 0.4) is 0 Å². The smallest absolute Gasteiger partial charge is 0.224 e. The average Bonchev–Trinajstić information content (AvgIpc) is 2.32. The first-order chi connectivity index (χ1) is 8.56. The fraction of sp³-hybridized carbons (Fsp3) is 0.533. The van der Waals surface area contributed by atoms with E-state index in [0.717, 1.165) is 6.42 Å². The molecule has 3 N–H and O–H groups in total. The van der Waals surface area contributed by atoms with Crippen molar-refractivity contribution in [3.8, 4) is 0 Å². The molecule has 1 aromatic carbocycles. The normalized spacial score (nSPS) is 12.5. The molecular formula is C15H24N2O. The van der Waals surface area contributed by atoms with E-state index in [0.29, 0.717) is 13.1 Å². The SMILES string of the molecule is Cc1ccccc1CCNC(=O)C(CN)C(C)C. The van der Waals surface area contributed by atoms with Crippen molar-refractivity contribution in [2.45, 2.75) is 27.2 Å². The zero-order chi connectivity index (χ0) is 13.5. The van der Waals surface area contributed by atoms with Crippen LogP contribution in [0.5, 0.6) is 0 Å². The van der Waals surface area contributed by atoms with Gasteiger partial charge in [0.05, 0.1) is 5.92 Å². The molecule has 0 aliphatic rings. The molecule has 0 heterocycles. The number of amides is 1. The van der Waals surface area contributed by atoms with Crippen molar-refractivity contribution in [2.75, 3.05) is 13.1 Å². The second-order valence-electron chi connectivity index (χ2n) is 5.05. The van der Waals surface area contributed by atoms with Crippen LogP contribution in [0.4, 0.5) is 0 Å². The minimum Gasteiger partial charge on any atom is -0.355 e.